The first-order chi connectivity index (χ1) is 9.74. The maximum absolute atomic E-state index is 12.1. The number of hydrogen-bond acceptors (Lipinski definition) is 4. The Morgan fingerprint density at radius 1 is 1.60 bits per heavy atom. The van der Waals surface area contributed by atoms with E-state index in [1.807, 2.05) is 41.9 Å². The van der Waals surface area contributed by atoms with Crippen molar-refractivity contribution in [2.75, 3.05) is 13.2 Å². The number of nitrogens with one attached hydrogen (secondary N) is 2. The summed E-state index contributed by atoms with van der Waals surface area (Å²) in [6.07, 6.45) is 3.75. The monoisotopic (exact) mass is 274 g/mol. The van der Waals surface area contributed by atoms with Crippen molar-refractivity contribution >= 4 is 11.6 Å². The minimum Gasteiger partial charge on any atom is -0.375 e. The smallest absolute Gasteiger partial charge is 0.240 e. The molecule has 6 heteroatoms. The number of imidazole rings is 1. The molecule has 3 rings (SSSR count). The van der Waals surface area contributed by atoms with Crippen LogP contribution < -0.4 is 10.6 Å². The van der Waals surface area contributed by atoms with Gasteiger partial charge in [0.05, 0.1) is 24.9 Å². The quantitative estimate of drug-likeness (QED) is 0.846. The molecule has 1 aliphatic rings. The molecule has 1 aliphatic heterocycles. The fraction of sp³-hybridized carbons (Fsp3) is 0.429. The standard InChI is InChI=1S/C14H18N4O2/c1-10-13(15-5-7-20-10)14(19)16-8-11-9-18-6-3-2-4-12(18)17-11/h2-4,6,9-10,13,15H,5,7-8H2,1H3,(H,16,19)/t10-,13+/m1/s1. The topological polar surface area (TPSA) is 67.7 Å². The second-order valence-electron chi connectivity index (χ2n) is 4.92. The van der Waals surface area contributed by atoms with Crippen LogP contribution in [0.5, 0.6) is 0 Å². The predicted molar refractivity (Wildman–Crippen MR) is 74.2 cm³/mol. The fourth-order valence-corrected chi connectivity index (χ4v) is 2.39. The molecule has 2 aromatic rings. The van der Waals surface area contributed by atoms with Gasteiger partial charge in [0.15, 0.2) is 0 Å². The molecule has 0 radical (unpaired) electrons. The Kier molecular flexibility index (Phi) is 3.66. The van der Waals surface area contributed by atoms with Crippen molar-refractivity contribution in [2.24, 2.45) is 0 Å². The van der Waals surface area contributed by atoms with E-state index in [0.29, 0.717) is 19.7 Å². The number of fused-ring (bicyclic) bond motifs is 1. The van der Waals surface area contributed by atoms with Gasteiger partial charge in [-0.3, -0.25) is 4.79 Å². The third kappa shape index (κ3) is 2.66. The lowest BCUT2D eigenvalue weighted by atomic mass is 10.1. The summed E-state index contributed by atoms with van der Waals surface area (Å²) in [5.41, 5.74) is 1.72. The lowest BCUT2D eigenvalue weighted by molar-refractivity contribution is -0.129. The van der Waals surface area contributed by atoms with Crippen LogP contribution in [0, 0.1) is 0 Å². The molecule has 2 atom stereocenters. The summed E-state index contributed by atoms with van der Waals surface area (Å²) in [5.74, 6) is -0.0470. The third-order valence-electron chi connectivity index (χ3n) is 3.46. The first-order valence-electron chi connectivity index (χ1n) is 6.79. The number of nitrogens with zero attached hydrogens (tertiary/aromatic N) is 2. The van der Waals surface area contributed by atoms with Crippen molar-refractivity contribution in [3.63, 3.8) is 0 Å². The first kappa shape index (κ1) is 13.1. The van der Waals surface area contributed by atoms with E-state index < -0.39 is 0 Å². The molecule has 0 aromatic carbocycles. The van der Waals surface area contributed by atoms with E-state index in [2.05, 4.69) is 15.6 Å². The number of pyridine rings is 1. The van der Waals surface area contributed by atoms with Gasteiger partial charge < -0.3 is 19.8 Å². The van der Waals surface area contributed by atoms with Gasteiger partial charge in [-0.15, -0.1) is 0 Å². The van der Waals surface area contributed by atoms with Gasteiger partial charge >= 0.3 is 0 Å². The number of rotatable bonds is 3. The first-order valence-corrected chi connectivity index (χ1v) is 6.79. The molecular weight excluding hydrogens is 256 g/mol. The number of aromatic nitrogens is 2. The highest BCUT2D eigenvalue weighted by atomic mass is 16.5. The molecule has 2 N–H and O–H groups in total. The number of carbonyl (C=O) groups is 1. The van der Waals surface area contributed by atoms with Gasteiger partial charge in [0.2, 0.25) is 5.91 Å². The zero-order chi connectivity index (χ0) is 13.9. The highest BCUT2D eigenvalue weighted by Gasteiger charge is 2.27. The number of amides is 1. The Balaban J connectivity index is 1.62. The van der Waals surface area contributed by atoms with Crippen LogP contribution in [0.25, 0.3) is 5.65 Å². The van der Waals surface area contributed by atoms with Crippen molar-refractivity contribution in [1.82, 2.24) is 20.0 Å². The molecule has 2 aromatic heterocycles. The van der Waals surface area contributed by atoms with E-state index >= 15 is 0 Å². The van der Waals surface area contributed by atoms with E-state index in [-0.39, 0.29) is 18.1 Å². The van der Waals surface area contributed by atoms with E-state index in [4.69, 9.17) is 4.74 Å². The van der Waals surface area contributed by atoms with Gasteiger partial charge in [0.1, 0.15) is 11.7 Å². The Hall–Kier alpha value is -1.92. The van der Waals surface area contributed by atoms with Crippen molar-refractivity contribution < 1.29 is 9.53 Å². The molecule has 1 fully saturated rings. The normalized spacial score (nSPS) is 22.9. The van der Waals surface area contributed by atoms with Gasteiger partial charge in [-0.1, -0.05) is 6.07 Å². The van der Waals surface area contributed by atoms with Gasteiger partial charge in [0.25, 0.3) is 0 Å². The minimum absolute atomic E-state index is 0.0470. The van der Waals surface area contributed by atoms with Crippen LogP contribution in [0.4, 0.5) is 0 Å². The zero-order valence-electron chi connectivity index (χ0n) is 11.4. The van der Waals surface area contributed by atoms with Gasteiger partial charge in [-0.25, -0.2) is 4.98 Å². The highest BCUT2D eigenvalue weighted by molar-refractivity contribution is 5.82. The number of carbonyl (C=O) groups excluding carboxylic acids is 1. The lowest BCUT2D eigenvalue weighted by Gasteiger charge is -2.29. The molecule has 1 amide bonds. The minimum atomic E-state index is -0.291. The number of ether oxygens (including phenoxy) is 1. The second kappa shape index (κ2) is 5.60. The van der Waals surface area contributed by atoms with Crippen LogP contribution in [-0.2, 0) is 16.1 Å². The van der Waals surface area contributed by atoms with E-state index in [1.54, 1.807) is 0 Å². The highest BCUT2D eigenvalue weighted by Crippen LogP contribution is 2.06. The second-order valence-corrected chi connectivity index (χ2v) is 4.92. The summed E-state index contributed by atoms with van der Waals surface area (Å²) in [6, 6.07) is 5.53. The van der Waals surface area contributed by atoms with Crippen LogP contribution in [0.3, 0.4) is 0 Å². The summed E-state index contributed by atoms with van der Waals surface area (Å²) >= 11 is 0. The average molecular weight is 274 g/mol. The third-order valence-corrected chi connectivity index (χ3v) is 3.46. The average Bonchev–Trinajstić information content (AvgIpc) is 2.88. The Labute approximate surface area is 117 Å². The van der Waals surface area contributed by atoms with Crippen molar-refractivity contribution in [2.45, 2.75) is 25.6 Å². The molecule has 0 aliphatic carbocycles. The van der Waals surface area contributed by atoms with Crippen molar-refractivity contribution in [3.8, 4) is 0 Å². The molecule has 20 heavy (non-hydrogen) atoms. The van der Waals surface area contributed by atoms with Crippen LogP contribution in [0.1, 0.15) is 12.6 Å². The molecule has 0 saturated carbocycles. The van der Waals surface area contributed by atoms with Crippen LogP contribution in [-0.4, -0.2) is 40.6 Å². The Bertz CT molecular complexity index is 577. The van der Waals surface area contributed by atoms with Crippen LogP contribution in [0.2, 0.25) is 0 Å². The van der Waals surface area contributed by atoms with E-state index in [1.165, 1.54) is 0 Å². The summed E-state index contributed by atoms with van der Waals surface area (Å²) in [4.78, 5) is 16.6. The summed E-state index contributed by atoms with van der Waals surface area (Å²) in [6.45, 7) is 3.68. The van der Waals surface area contributed by atoms with E-state index in [9.17, 15) is 4.79 Å². The Morgan fingerprint density at radius 3 is 3.30 bits per heavy atom. The van der Waals surface area contributed by atoms with Gasteiger partial charge in [-0.2, -0.15) is 0 Å². The molecule has 3 heterocycles. The number of hydrogen-bond donors (Lipinski definition) is 2. The molecular formula is C14H18N4O2. The van der Waals surface area contributed by atoms with Crippen LogP contribution >= 0.6 is 0 Å². The van der Waals surface area contributed by atoms with E-state index in [0.717, 1.165) is 11.3 Å². The molecule has 0 unspecified atom stereocenters. The van der Waals surface area contributed by atoms with Gasteiger partial charge in [-0.05, 0) is 19.1 Å². The molecule has 0 spiro atoms. The molecule has 106 valence electrons. The summed E-state index contributed by atoms with van der Waals surface area (Å²) < 4.78 is 7.41. The zero-order valence-corrected chi connectivity index (χ0v) is 11.4. The Morgan fingerprint density at radius 2 is 2.50 bits per heavy atom. The number of morpholine rings is 1. The summed E-state index contributed by atoms with van der Waals surface area (Å²) in [5, 5.41) is 6.07. The summed E-state index contributed by atoms with van der Waals surface area (Å²) in [7, 11) is 0. The van der Waals surface area contributed by atoms with Gasteiger partial charge in [0, 0.05) is 18.9 Å². The molecule has 0 bridgehead atoms. The molecule has 1 saturated heterocycles. The maximum atomic E-state index is 12.1. The van der Waals surface area contributed by atoms with Crippen molar-refractivity contribution in [3.05, 3.63) is 36.3 Å². The largest absolute Gasteiger partial charge is 0.375 e. The van der Waals surface area contributed by atoms with Crippen molar-refractivity contribution in [1.29, 1.82) is 0 Å². The molecule has 6 nitrogen and oxygen atoms in total. The maximum Gasteiger partial charge on any atom is 0.240 e. The fourth-order valence-electron chi connectivity index (χ4n) is 2.39. The predicted octanol–water partition coefficient (Wildman–Crippen LogP) is 0.327. The SMILES string of the molecule is C[C@H]1OCCN[C@@H]1C(=O)NCc1cn2ccccc2n1. The lowest BCUT2D eigenvalue weighted by Crippen LogP contribution is -2.55. The van der Waals surface area contributed by atoms with Crippen LogP contribution in [0.15, 0.2) is 30.6 Å².